The van der Waals surface area contributed by atoms with Crippen molar-refractivity contribution in [3.05, 3.63) is 34.9 Å². The molecule has 1 saturated heterocycles. The van der Waals surface area contributed by atoms with Gasteiger partial charge in [0.15, 0.2) is 0 Å². The number of urea groups is 1. The second-order valence-corrected chi connectivity index (χ2v) is 7.43. The van der Waals surface area contributed by atoms with Crippen LogP contribution in [0.2, 0.25) is 5.02 Å². The molecular weight excluding hydrogens is 342 g/mol. The third-order valence-electron chi connectivity index (χ3n) is 4.25. The SMILES string of the molecule is CC(C)CC[C@@]1(C)NC(=O)N(CC(=O)NCc2cccc(Cl)c2)C1=O. The minimum absolute atomic E-state index is 0.285. The summed E-state index contributed by atoms with van der Waals surface area (Å²) in [6, 6.07) is 6.61. The maximum Gasteiger partial charge on any atom is 0.325 e. The molecule has 0 aromatic heterocycles. The van der Waals surface area contributed by atoms with Crippen molar-refractivity contribution in [2.24, 2.45) is 5.92 Å². The Morgan fingerprint density at radius 3 is 2.72 bits per heavy atom. The molecule has 7 heteroatoms. The van der Waals surface area contributed by atoms with Gasteiger partial charge in [0.05, 0.1) is 0 Å². The van der Waals surface area contributed by atoms with E-state index in [2.05, 4.69) is 24.5 Å². The van der Waals surface area contributed by atoms with Gasteiger partial charge in [-0.3, -0.25) is 14.5 Å². The number of carbonyl (C=O) groups is 3. The van der Waals surface area contributed by atoms with Gasteiger partial charge in [0.2, 0.25) is 5.91 Å². The lowest BCUT2D eigenvalue weighted by Gasteiger charge is -2.22. The number of nitrogens with one attached hydrogen (secondary N) is 2. The minimum atomic E-state index is -0.936. The summed E-state index contributed by atoms with van der Waals surface area (Å²) < 4.78 is 0. The van der Waals surface area contributed by atoms with Crippen molar-refractivity contribution in [3.8, 4) is 0 Å². The van der Waals surface area contributed by atoms with E-state index in [-0.39, 0.29) is 19.0 Å². The second kappa shape index (κ2) is 7.87. The molecule has 0 bridgehead atoms. The smallest absolute Gasteiger partial charge is 0.325 e. The predicted octanol–water partition coefficient (Wildman–Crippen LogP) is 2.70. The van der Waals surface area contributed by atoms with Crippen LogP contribution in [0.25, 0.3) is 0 Å². The summed E-state index contributed by atoms with van der Waals surface area (Å²) in [5, 5.41) is 6.00. The van der Waals surface area contributed by atoms with E-state index >= 15 is 0 Å². The Labute approximate surface area is 152 Å². The lowest BCUT2D eigenvalue weighted by molar-refractivity contribution is -0.134. The van der Waals surface area contributed by atoms with Crippen molar-refractivity contribution in [1.29, 1.82) is 0 Å². The van der Waals surface area contributed by atoms with Crippen LogP contribution in [0.5, 0.6) is 0 Å². The summed E-state index contributed by atoms with van der Waals surface area (Å²) in [6.07, 6.45) is 1.37. The van der Waals surface area contributed by atoms with Crippen molar-refractivity contribution in [1.82, 2.24) is 15.5 Å². The summed E-state index contributed by atoms with van der Waals surface area (Å²) in [4.78, 5) is 37.7. The highest BCUT2D eigenvalue weighted by molar-refractivity contribution is 6.30. The fraction of sp³-hybridized carbons (Fsp3) is 0.500. The van der Waals surface area contributed by atoms with E-state index in [9.17, 15) is 14.4 Å². The van der Waals surface area contributed by atoms with Gasteiger partial charge in [-0.25, -0.2) is 4.79 Å². The van der Waals surface area contributed by atoms with Crippen LogP contribution in [-0.2, 0) is 16.1 Å². The van der Waals surface area contributed by atoms with E-state index in [4.69, 9.17) is 11.6 Å². The van der Waals surface area contributed by atoms with Crippen LogP contribution >= 0.6 is 11.6 Å². The summed E-state index contributed by atoms with van der Waals surface area (Å²) in [6.45, 7) is 5.83. The number of imide groups is 1. The van der Waals surface area contributed by atoms with Crippen molar-refractivity contribution in [2.75, 3.05) is 6.54 Å². The zero-order valence-corrected chi connectivity index (χ0v) is 15.5. The Hall–Kier alpha value is -2.08. The van der Waals surface area contributed by atoms with Gasteiger partial charge in [-0.15, -0.1) is 0 Å². The molecule has 0 saturated carbocycles. The van der Waals surface area contributed by atoms with Gasteiger partial charge >= 0.3 is 6.03 Å². The highest BCUT2D eigenvalue weighted by Gasteiger charge is 2.47. The van der Waals surface area contributed by atoms with Gasteiger partial charge in [0.25, 0.3) is 5.91 Å². The van der Waals surface area contributed by atoms with E-state index in [1.54, 1.807) is 25.1 Å². The maximum atomic E-state index is 12.5. The quantitative estimate of drug-likeness (QED) is 0.729. The van der Waals surface area contributed by atoms with Gasteiger partial charge in [0, 0.05) is 11.6 Å². The van der Waals surface area contributed by atoms with E-state index in [1.165, 1.54) is 0 Å². The molecule has 1 aromatic carbocycles. The van der Waals surface area contributed by atoms with Crippen LogP contribution in [0.4, 0.5) is 4.79 Å². The van der Waals surface area contributed by atoms with Crippen LogP contribution in [0.1, 0.15) is 39.2 Å². The van der Waals surface area contributed by atoms with Crippen molar-refractivity contribution >= 4 is 29.4 Å². The number of rotatable bonds is 7. The standard InChI is InChI=1S/C18H24ClN3O3/c1-12(2)7-8-18(3)16(24)22(17(25)21-18)11-15(23)20-10-13-5-4-6-14(19)9-13/h4-6,9,12H,7-8,10-11H2,1-3H3,(H,20,23)(H,21,25)/t18-/m1/s1. The van der Waals surface area contributed by atoms with Gasteiger partial charge in [-0.05, 0) is 43.4 Å². The van der Waals surface area contributed by atoms with Crippen LogP contribution in [0.15, 0.2) is 24.3 Å². The second-order valence-electron chi connectivity index (χ2n) is 6.99. The number of amides is 4. The Kier molecular flexibility index (Phi) is 6.06. The first kappa shape index (κ1) is 19.2. The molecule has 1 atom stereocenters. The predicted molar refractivity (Wildman–Crippen MR) is 96.0 cm³/mol. The highest BCUT2D eigenvalue weighted by Crippen LogP contribution is 2.24. The molecule has 0 unspecified atom stereocenters. The van der Waals surface area contributed by atoms with E-state index in [0.29, 0.717) is 17.4 Å². The Balaban J connectivity index is 1.91. The van der Waals surface area contributed by atoms with Crippen LogP contribution in [0.3, 0.4) is 0 Å². The highest BCUT2D eigenvalue weighted by atomic mass is 35.5. The van der Waals surface area contributed by atoms with Crippen LogP contribution in [-0.4, -0.2) is 34.8 Å². The number of hydrogen-bond donors (Lipinski definition) is 2. The first-order valence-electron chi connectivity index (χ1n) is 8.36. The molecule has 6 nitrogen and oxygen atoms in total. The number of benzene rings is 1. The molecule has 1 heterocycles. The molecule has 2 N–H and O–H groups in total. The first-order chi connectivity index (χ1) is 11.7. The number of carbonyl (C=O) groups excluding carboxylic acids is 3. The zero-order valence-electron chi connectivity index (χ0n) is 14.8. The molecule has 4 amide bonds. The Bertz CT molecular complexity index is 677. The molecule has 2 rings (SSSR count). The molecule has 1 aromatic rings. The monoisotopic (exact) mass is 365 g/mol. The molecule has 0 aliphatic carbocycles. The molecule has 0 spiro atoms. The van der Waals surface area contributed by atoms with E-state index < -0.39 is 17.5 Å². The van der Waals surface area contributed by atoms with Crippen molar-refractivity contribution in [3.63, 3.8) is 0 Å². The molecule has 25 heavy (non-hydrogen) atoms. The van der Waals surface area contributed by atoms with E-state index in [0.717, 1.165) is 16.9 Å². The van der Waals surface area contributed by atoms with Crippen molar-refractivity contribution in [2.45, 2.75) is 45.7 Å². The number of nitrogens with zero attached hydrogens (tertiary/aromatic N) is 1. The maximum absolute atomic E-state index is 12.5. The van der Waals surface area contributed by atoms with Gasteiger partial charge in [-0.1, -0.05) is 37.6 Å². The topological polar surface area (TPSA) is 78.5 Å². The first-order valence-corrected chi connectivity index (χ1v) is 8.74. The van der Waals surface area contributed by atoms with Crippen LogP contribution < -0.4 is 10.6 Å². The fourth-order valence-corrected chi connectivity index (χ4v) is 2.90. The third kappa shape index (κ3) is 4.95. The molecule has 1 fully saturated rings. The van der Waals surface area contributed by atoms with Gasteiger partial charge < -0.3 is 10.6 Å². The average molecular weight is 366 g/mol. The van der Waals surface area contributed by atoms with Crippen LogP contribution in [0, 0.1) is 5.92 Å². The summed E-state index contributed by atoms with van der Waals surface area (Å²) >= 11 is 5.90. The molecule has 136 valence electrons. The summed E-state index contributed by atoms with van der Waals surface area (Å²) in [5.41, 5.74) is -0.0889. The largest absolute Gasteiger partial charge is 0.350 e. The number of hydrogen-bond acceptors (Lipinski definition) is 3. The normalized spacial score (nSPS) is 20.1. The minimum Gasteiger partial charge on any atom is -0.350 e. The summed E-state index contributed by atoms with van der Waals surface area (Å²) in [7, 11) is 0. The van der Waals surface area contributed by atoms with Crippen molar-refractivity contribution < 1.29 is 14.4 Å². The van der Waals surface area contributed by atoms with Gasteiger partial charge in [-0.2, -0.15) is 0 Å². The van der Waals surface area contributed by atoms with Gasteiger partial charge in [0.1, 0.15) is 12.1 Å². The average Bonchev–Trinajstić information content (AvgIpc) is 2.75. The molecule has 0 radical (unpaired) electrons. The molecule has 1 aliphatic heterocycles. The molecular formula is C18H24ClN3O3. The molecule has 1 aliphatic rings. The third-order valence-corrected chi connectivity index (χ3v) is 4.48. The Morgan fingerprint density at radius 1 is 1.36 bits per heavy atom. The lowest BCUT2D eigenvalue weighted by Crippen LogP contribution is -2.45. The zero-order chi connectivity index (χ0) is 18.6. The fourth-order valence-electron chi connectivity index (χ4n) is 2.68. The summed E-state index contributed by atoms with van der Waals surface area (Å²) in [5.74, 6) is -0.316. The lowest BCUT2D eigenvalue weighted by atomic mass is 9.92. The Morgan fingerprint density at radius 2 is 2.08 bits per heavy atom. The number of halogens is 1. The van der Waals surface area contributed by atoms with E-state index in [1.807, 2.05) is 6.07 Å².